The van der Waals surface area contributed by atoms with E-state index in [1.165, 1.54) is 0 Å². The second-order valence-electron chi connectivity index (χ2n) is 18.2. The zero-order valence-electron chi connectivity index (χ0n) is 37.5. The number of hydrogen-bond acceptors (Lipinski definition) is 17. The average Bonchev–Trinajstić information content (AvgIpc) is 4.09. The van der Waals surface area contributed by atoms with Gasteiger partial charge >= 0.3 is 0 Å². The van der Waals surface area contributed by atoms with Gasteiger partial charge in [-0.15, -0.1) is 0 Å². The van der Waals surface area contributed by atoms with Gasteiger partial charge in [-0.25, -0.2) is 39.9 Å². The summed E-state index contributed by atoms with van der Waals surface area (Å²) in [7, 11) is 3.52. The molecule has 3 saturated carbocycles. The first kappa shape index (κ1) is 44.9. The molecule has 6 N–H and O–H groups in total. The third-order valence-corrected chi connectivity index (χ3v) is 13.3. The molecule has 17 nitrogen and oxygen atoms in total. The molecule has 7 atom stereocenters. The van der Waals surface area contributed by atoms with Crippen molar-refractivity contribution in [3.05, 3.63) is 49.3 Å². The second kappa shape index (κ2) is 22.3. The van der Waals surface area contributed by atoms with E-state index in [0.717, 1.165) is 132 Å². The van der Waals surface area contributed by atoms with Crippen LogP contribution in [0.1, 0.15) is 78.1 Å². The van der Waals surface area contributed by atoms with Crippen LogP contribution in [0, 0.1) is 23.7 Å². The van der Waals surface area contributed by atoms with Crippen molar-refractivity contribution in [1.82, 2.24) is 50.5 Å². The molecule has 63 heavy (non-hydrogen) atoms. The fraction of sp³-hybridized carbons (Fsp3) is 0.652. The Morgan fingerprint density at radius 2 is 1.17 bits per heavy atom. The topological polar surface area (TPSA) is 203 Å². The van der Waals surface area contributed by atoms with Gasteiger partial charge < -0.3 is 46.1 Å². The summed E-state index contributed by atoms with van der Waals surface area (Å²) in [5.74, 6) is 4.98. The molecule has 1 aliphatic heterocycles. The number of methoxy groups -OCH3 is 2. The van der Waals surface area contributed by atoms with E-state index in [9.17, 15) is 0 Å². The Balaban J connectivity index is 0.871. The smallest absolute Gasteiger partial charge is 0.223 e. The number of nitrogens with one attached hydrogen (secondary N) is 6. The fourth-order valence-electron chi connectivity index (χ4n) is 9.98. The summed E-state index contributed by atoms with van der Waals surface area (Å²) in [5.41, 5.74) is 3.09. The van der Waals surface area contributed by atoms with Crippen LogP contribution >= 0.6 is 0 Å². The van der Waals surface area contributed by atoms with Gasteiger partial charge in [0.2, 0.25) is 11.9 Å². The highest BCUT2D eigenvalue weighted by Crippen LogP contribution is 2.50. The fourth-order valence-corrected chi connectivity index (χ4v) is 9.98. The van der Waals surface area contributed by atoms with Crippen LogP contribution < -0.4 is 31.9 Å². The van der Waals surface area contributed by atoms with Crippen molar-refractivity contribution < 1.29 is 14.2 Å². The first-order chi connectivity index (χ1) is 30.9. The molecule has 8 rings (SSSR count). The van der Waals surface area contributed by atoms with E-state index in [2.05, 4.69) is 70.7 Å². The Bertz CT molecular complexity index is 2020. The lowest BCUT2D eigenvalue weighted by atomic mass is 9.77. The Morgan fingerprint density at radius 1 is 0.603 bits per heavy atom. The molecule has 340 valence electrons. The van der Waals surface area contributed by atoms with E-state index in [0.29, 0.717) is 72.4 Å². The van der Waals surface area contributed by atoms with Gasteiger partial charge in [-0.05, 0) is 114 Å². The minimum Gasteiger partial charge on any atom is -0.383 e. The van der Waals surface area contributed by atoms with Crippen molar-refractivity contribution in [3.8, 4) is 22.8 Å². The van der Waals surface area contributed by atoms with Crippen LogP contribution in [0.3, 0.4) is 0 Å². The van der Waals surface area contributed by atoms with Crippen molar-refractivity contribution in [2.45, 2.75) is 114 Å². The van der Waals surface area contributed by atoms with E-state index in [-0.39, 0.29) is 6.04 Å². The number of anilines is 4. The van der Waals surface area contributed by atoms with E-state index >= 15 is 0 Å². The molecular weight excluding hydrogens is 797 g/mol. The lowest BCUT2D eigenvalue weighted by molar-refractivity contribution is 0.0699. The number of rotatable bonds is 21. The molecular formula is C46H68N14O3. The van der Waals surface area contributed by atoms with Crippen LogP contribution in [0.25, 0.3) is 22.8 Å². The van der Waals surface area contributed by atoms with Crippen LogP contribution in [0.4, 0.5) is 23.5 Å². The Morgan fingerprint density at radius 3 is 1.81 bits per heavy atom. The Hall–Kier alpha value is -4.68. The van der Waals surface area contributed by atoms with Gasteiger partial charge in [0, 0.05) is 101 Å². The molecule has 5 heterocycles. The average molecular weight is 865 g/mol. The third kappa shape index (κ3) is 13.0. The van der Waals surface area contributed by atoms with Gasteiger partial charge in [0.25, 0.3) is 0 Å². The van der Waals surface area contributed by atoms with Crippen LogP contribution in [0.5, 0.6) is 0 Å². The highest BCUT2D eigenvalue weighted by atomic mass is 16.5. The van der Waals surface area contributed by atoms with Crippen molar-refractivity contribution in [2.24, 2.45) is 23.7 Å². The summed E-state index contributed by atoms with van der Waals surface area (Å²) in [6, 6.07) is 10.1. The van der Waals surface area contributed by atoms with E-state index in [1.54, 1.807) is 33.1 Å². The quantitative estimate of drug-likeness (QED) is 0.0596. The maximum Gasteiger partial charge on any atom is 0.223 e. The van der Waals surface area contributed by atoms with E-state index in [4.69, 9.17) is 29.2 Å². The molecule has 4 aliphatic rings. The number of nitrogens with zero attached hydrogens (tertiary/aromatic N) is 8. The largest absolute Gasteiger partial charge is 0.383 e. The highest BCUT2D eigenvalue weighted by Gasteiger charge is 2.48. The third-order valence-electron chi connectivity index (χ3n) is 13.3. The summed E-state index contributed by atoms with van der Waals surface area (Å²) in [4.78, 5) is 37.2. The zero-order chi connectivity index (χ0) is 43.4. The Labute approximate surface area is 372 Å². The zero-order valence-corrected chi connectivity index (χ0v) is 37.5. The van der Waals surface area contributed by atoms with Gasteiger partial charge in [-0.2, -0.15) is 0 Å². The Kier molecular flexibility index (Phi) is 15.9. The van der Waals surface area contributed by atoms with Crippen LogP contribution in [0.15, 0.2) is 49.3 Å². The molecule has 0 amide bonds. The van der Waals surface area contributed by atoms with Crippen molar-refractivity contribution in [1.29, 1.82) is 0 Å². The van der Waals surface area contributed by atoms with Gasteiger partial charge in [0.05, 0.1) is 36.0 Å². The minimum absolute atomic E-state index is 0.275. The summed E-state index contributed by atoms with van der Waals surface area (Å²) < 4.78 is 16.3. The normalized spacial score (nSPS) is 26.1. The molecule has 4 aromatic heterocycles. The molecule has 0 bridgehead atoms. The van der Waals surface area contributed by atoms with Crippen molar-refractivity contribution >= 4 is 23.5 Å². The maximum atomic E-state index is 5.52. The summed E-state index contributed by atoms with van der Waals surface area (Å²) >= 11 is 0. The predicted molar refractivity (Wildman–Crippen MR) is 245 cm³/mol. The molecule has 0 radical (unpaired) electrons. The summed E-state index contributed by atoms with van der Waals surface area (Å²) in [6.45, 7) is 9.09. The van der Waals surface area contributed by atoms with Gasteiger partial charge in [0.15, 0.2) is 0 Å². The minimum atomic E-state index is 0.275. The first-order valence-electron chi connectivity index (χ1n) is 23.3. The van der Waals surface area contributed by atoms with Crippen LogP contribution in [-0.4, -0.2) is 130 Å². The summed E-state index contributed by atoms with van der Waals surface area (Å²) in [5, 5.41) is 22.1. The molecule has 0 aromatic carbocycles. The lowest BCUT2D eigenvalue weighted by Gasteiger charge is -2.39. The molecule has 1 saturated heterocycles. The number of ether oxygens (including phenoxy) is 3. The van der Waals surface area contributed by atoms with Crippen molar-refractivity contribution in [2.75, 3.05) is 75.0 Å². The SMILES string of the molecule is COC[C@H](C)NC1CCC(Nc2cc(-c3ccnc(NCC4CC4C4C[C@H](N[C@@H](C)COC)CC[C@H]4Nc4cc(-c5ccnc(NCC6CCOCC6)n5)ncn4)n3)ncn2)CC1. The predicted octanol–water partition coefficient (Wildman–Crippen LogP) is 5.69. The molecule has 17 heteroatoms. The van der Waals surface area contributed by atoms with Gasteiger partial charge in [0.1, 0.15) is 24.3 Å². The number of aromatic nitrogens is 8. The maximum absolute atomic E-state index is 5.52. The summed E-state index contributed by atoms with van der Waals surface area (Å²) in [6.07, 6.45) is 17.8. The standard InChI is InChI=1S/C46H68N14O3/c1-29(25-61-3)55-33-5-7-34(8-6-33)57-43-21-41(51-27-53-43)39-12-16-48-46(60-39)50-24-32-19-36(32)37-20-35(56-30(2)26-62-4)9-10-38(37)58-44-22-42(52-28-54-44)40-11-15-47-45(59-40)49-23-31-13-17-63-18-14-31/h11-12,15-16,21-22,27-38,55-56H,5-10,13-14,17-20,23-26H2,1-4H3,(H,47,49,59)(H,48,50,60)(H,51,53,57)(H,52,54,58)/t29-,30-,32?,33?,34?,35+,36?,37?,38+/m0/s1. The second-order valence-corrected chi connectivity index (χ2v) is 18.2. The van der Waals surface area contributed by atoms with Gasteiger partial charge in [-0.3, -0.25) is 0 Å². The highest BCUT2D eigenvalue weighted by molar-refractivity contribution is 5.60. The molecule has 4 aromatic rings. The lowest BCUT2D eigenvalue weighted by Crippen LogP contribution is -2.47. The van der Waals surface area contributed by atoms with E-state index < -0.39 is 0 Å². The molecule has 3 aliphatic carbocycles. The van der Waals surface area contributed by atoms with Crippen molar-refractivity contribution in [3.63, 3.8) is 0 Å². The molecule has 4 fully saturated rings. The van der Waals surface area contributed by atoms with Crippen LogP contribution in [-0.2, 0) is 14.2 Å². The first-order valence-corrected chi connectivity index (χ1v) is 23.3. The molecule has 0 spiro atoms. The molecule has 3 unspecified atom stereocenters. The monoisotopic (exact) mass is 865 g/mol. The van der Waals surface area contributed by atoms with Crippen LogP contribution in [0.2, 0.25) is 0 Å². The van der Waals surface area contributed by atoms with E-state index in [1.807, 2.05) is 30.5 Å². The van der Waals surface area contributed by atoms with Gasteiger partial charge in [-0.1, -0.05) is 0 Å². The number of hydrogen-bond donors (Lipinski definition) is 6.